The van der Waals surface area contributed by atoms with Crippen LogP contribution in [0, 0.1) is 11.8 Å². The van der Waals surface area contributed by atoms with Crippen LogP contribution >= 0.6 is 0 Å². The zero-order valence-electron chi connectivity index (χ0n) is 11.2. The van der Waals surface area contributed by atoms with Crippen LogP contribution in [-0.4, -0.2) is 23.3 Å². The minimum Gasteiger partial charge on any atom is -0.461 e. The summed E-state index contributed by atoms with van der Waals surface area (Å²) in [6.45, 7) is 7.94. The van der Waals surface area contributed by atoms with Gasteiger partial charge >= 0.3 is 5.97 Å². The third-order valence-electron chi connectivity index (χ3n) is 4.21. The number of fused-ring (bicyclic) bond motifs is 2. The van der Waals surface area contributed by atoms with Crippen LogP contribution in [0.2, 0.25) is 0 Å². The normalized spacial score (nSPS) is 39.7. The van der Waals surface area contributed by atoms with E-state index in [0.717, 1.165) is 24.0 Å². The molecule has 3 heteroatoms. The Morgan fingerprint density at radius 2 is 2.22 bits per heavy atom. The fourth-order valence-electron chi connectivity index (χ4n) is 2.86. The molecule has 1 saturated heterocycles. The third kappa shape index (κ3) is 2.66. The third-order valence-corrected chi connectivity index (χ3v) is 4.21. The molecule has 2 aliphatic rings. The van der Waals surface area contributed by atoms with Crippen molar-refractivity contribution in [1.29, 1.82) is 0 Å². The average Bonchev–Trinajstić information content (AvgIpc) is 2.66. The van der Waals surface area contributed by atoms with E-state index < -0.39 is 6.10 Å². The van der Waals surface area contributed by atoms with Gasteiger partial charge in [0.2, 0.25) is 0 Å². The van der Waals surface area contributed by atoms with Gasteiger partial charge in [-0.05, 0) is 45.1 Å². The van der Waals surface area contributed by atoms with Crippen molar-refractivity contribution in [1.82, 2.24) is 0 Å². The highest BCUT2D eigenvalue weighted by atomic mass is 16.6. The minimum atomic E-state index is -0.430. The number of allylic oxidation sites excluding steroid dienone is 1. The molecule has 0 spiro atoms. The molecule has 0 amide bonds. The number of hydrogen-bond acceptors (Lipinski definition) is 3. The van der Waals surface area contributed by atoms with Crippen molar-refractivity contribution in [2.24, 2.45) is 11.8 Å². The summed E-state index contributed by atoms with van der Waals surface area (Å²) < 4.78 is 5.49. The van der Waals surface area contributed by atoms with Gasteiger partial charge in [-0.25, -0.2) is 0 Å². The van der Waals surface area contributed by atoms with E-state index in [0.29, 0.717) is 12.8 Å². The summed E-state index contributed by atoms with van der Waals surface area (Å²) in [5.74, 6) is 0.0367. The van der Waals surface area contributed by atoms with Gasteiger partial charge in [-0.1, -0.05) is 18.2 Å². The highest BCUT2D eigenvalue weighted by Gasteiger charge is 2.39. The van der Waals surface area contributed by atoms with Gasteiger partial charge in [-0.2, -0.15) is 0 Å². The summed E-state index contributed by atoms with van der Waals surface area (Å²) in [5.41, 5.74) is 2.04. The Kier molecular flexibility index (Phi) is 3.91. The van der Waals surface area contributed by atoms with Gasteiger partial charge in [-0.15, -0.1) is 0 Å². The first-order chi connectivity index (χ1) is 8.49. The molecule has 100 valence electrons. The van der Waals surface area contributed by atoms with Gasteiger partial charge in [0.25, 0.3) is 0 Å². The SMILES string of the molecule is C=C(C)[C@H]1C/C=C(\C)[C@@H](O)CC[C@H]2C[C@H]1OC2=O. The smallest absolute Gasteiger partial charge is 0.309 e. The van der Waals surface area contributed by atoms with Crippen molar-refractivity contribution in [3.63, 3.8) is 0 Å². The van der Waals surface area contributed by atoms with E-state index in [9.17, 15) is 9.90 Å². The van der Waals surface area contributed by atoms with Gasteiger partial charge in [0, 0.05) is 5.92 Å². The van der Waals surface area contributed by atoms with Crippen LogP contribution in [0.15, 0.2) is 23.8 Å². The predicted octanol–water partition coefficient (Wildman–Crippen LogP) is 2.60. The van der Waals surface area contributed by atoms with E-state index >= 15 is 0 Å². The molecule has 1 fully saturated rings. The maximum Gasteiger partial charge on any atom is 0.309 e. The molecule has 4 atom stereocenters. The molecule has 0 aromatic carbocycles. The Hall–Kier alpha value is -1.09. The van der Waals surface area contributed by atoms with Gasteiger partial charge < -0.3 is 9.84 Å². The summed E-state index contributed by atoms with van der Waals surface area (Å²) in [7, 11) is 0. The molecule has 1 N–H and O–H groups in total. The number of ether oxygens (including phenoxy) is 1. The first-order valence-electron chi connectivity index (χ1n) is 6.69. The molecule has 18 heavy (non-hydrogen) atoms. The number of aliphatic hydroxyl groups excluding tert-OH is 1. The van der Waals surface area contributed by atoms with Crippen LogP contribution in [0.4, 0.5) is 0 Å². The van der Waals surface area contributed by atoms with E-state index in [2.05, 4.69) is 12.7 Å². The zero-order chi connectivity index (χ0) is 13.3. The maximum atomic E-state index is 11.8. The van der Waals surface area contributed by atoms with Crippen LogP contribution in [0.3, 0.4) is 0 Å². The van der Waals surface area contributed by atoms with Crippen molar-refractivity contribution >= 4 is 5.97 Å². The number of hydrogen-bond donors (Lipinski definition) is 1. The molecular weight excluding hydrogens is 228 g/mol. The first-order valence-corrected chi connectivity index (χ1v) is 6.69. The lowest BCUT2D eigenvalue weighted by molar-refractivity contribution is -0.145. The molecular formula is C15H22O3. The Balaban J connectivity index is 2.24. The lowest BCUT2D eigenvalue weighted by Gasteiger charge is -2.23. The van der Waals surface area contributed by atoms with Crippen molar-refractivity contribution in [3.05, 3.63) is 23.8 Å². The molecule has 2 bridgehead atoms. The van der Waals surface area contributed by atoms with Crippen molar-refractivity contribution in [2.45, 2.75) is 51.7 Å². The Labute approximate surface area is 109 Å². The molecule has 0 saturated carbocycles. The second kappa shape index (κ2) is 5.27. The molecule has 1 aliphatic heterocycles. The van der Waals surface area contributed by atoms with Crippen molar-refractivity contribution in [3.8, 4) is 0 Å². The summed E-state index contributed by atoms with van der Waals surface area (Å²) in [6, 6.07) is 0. The van der Waals surface area contributed by atoms with Crippen LogP contribution < -0.4 is 0 Å². The predicted molar refractivity (Wildman–Crippen MR) is 69.9 cm³/mol. The highest BCUT2D eigenvalue weighted by molar-refractivity contribution is 5.74. The fourth-order valence-corrected chi connectivity index (χ4v) is 2.86. The van der Waals surface area contributed by atoms with E-state index in [1.54, 1.807) is 0 Å². The van der Waals surface area contributed by atoms with Crippen LogP contribution in [-0.2, 0) is 9.53 Å². The summed E-state index contributed by atoms with van der Waals surface area (Å²) >= 11 is 0. The van der Waals surface area contributed by atoms with Gasteiger partial charge in [0.15, 0.2) is 0 Å². The first kappa shape index (κ1) is 13.3. The molecule has 1 aliphatic carbocycles. The van der Waals surface area contributed by atoms with Gasteiger partial charge in [0.05, 0.1) is 12.0 Å². The minimum absolute atomic E-state index is 0.0284. The molecule has 2 rings (SSSR count). The second-order valence-corrected chi connectivity index (χ2v) is 5.64. The van der Waals surface area contributed by atoms with E-state index in [1.807, 2.05) is 13.8 Å². The Morgan fingerprint density at radius 1 is 1.50 bits per heavy atom. The van der Waals surface area contributed by atoms with Crippen molar-refractivity contribution in [2.75, 3.05) is 0 Å². The Morgan fingerprint density at radius 3 is 2.89 bits per heavy atom. The van der Waals surface area contributed by atoms with Crippen molar-refractivity contribution < 1.29 is 14.6 Å². The van der Waals surface area contributed by atoms with Gasteiger partial charge in [-0.3, -0.25) is 4.79 Å². The van der Waals surface area contributed by atoms with E-state index in [1.165, 1.54) is 0 Å². The summed E-state index contributed by atoms with van der Waals surface area (Å²) in [4.78, 5) is 11.8. The Bertz CT molecular complexity index is 383. The van der Waals surface area contributed by atoms with E-state index in [4.69, 9.17) is 4.74 Å². The largest absolute Gasteiger partial charge is 0.461 e. The molecule has 3 nitrogen and oxygen atoms in total. The zero-order valence-corrected chi connectivity index (χ0v) is 11.2. The number of rotatable bonds is 1. The number of esters is 1. The monoisotopic (exact) mass is 250 g/mol. The second-order valence-electron chi connectivity index (χ2n) is 5.64. The van der Waals surface area contributed by atoms with E-state index in [-0.39, 0.29) is 23.9 Å². The fraction of sp³-hybridized carbons (Fsp3) is 0.667. The van der Waals surface area contributed by atoms with Crippen LogP contribution in [0.1, 0.15) is 39.5 Å². The molecule has 0 unspecified atom stereocenters. The number of aliphatic hydroxyl groups is 1. The highest BCUT2D eigenvalue weighted by Crippen LogP contribution is 2.35. The quantitative estimate of drug-likeness (QED) is 0.575. The standard InChI is InChI=1S/C15H22O3/c1-9(2)12-6-4-10(3)13(16)7-5-11-8-14(12)18-15(11)17/h4,11-14,16H,1,5-8H2,2-3H3/b10-4+/t11-,12+,13-,14+/m0/s1. The summed E-state index contributed by atoms with van der Waals surface area (Å²) in [6.07, 6.45) is 4.53. The summed E-state index contributed by atoms with van der Waals surface area (Å²) in [5, 5.41) is 9.99. The molecule has 0 aromatic rings. The number of carbonyl (C=O) groups is 1. The molecule has 0 radical (unpaired) electrons. The van der Waals surface area contributed by atoms with Crippen LogP contribution in [0.5, 0.6) is 0 Å². The number of carbonyl (C=O) groups excluding carboxylic acids is 1. The maximum absolute atomic E-state index is 11.8. The molecule has 1 heterocycles. The van der Waals surface area contributed by atoms with Gasteiger partial charge in [0.1, 0.15) is 6.10 Å². The lowest BCUT2D eigenvalue weighted by Crippen LogP contribution is -2.21. The molecule has 0 aromatic heterocycles. The van der Waals surface area contributed by atoms with Crippen LogP contribution in [0.25, 0.3) is 0 Å². The average molecular weight is 250 g/mol. The topological polar surface area (TPSA) is 46.5 Å². The lowest BCUT2D eigenvalue weighted by atomic mass is 9.84.